The van der Waals surface area contributed by atoms with Gasteiger partial charge in [-0.2, -0.15) is 0 Å². The van der Waals surface area contributed by atoms with Gasteiger partial charge in [0.25, 0.3) is 0 Å². The van der Waals surface area contributed by atoms with Crippen molar-refractivity contribution in [3.05, 3.63) is 112 Å². The molecule has 1 fully saturated rings. The Morgan fingerprint density at radius 3 is 2.55 bits per heavy atom. The van der Waals surface area contributed by atoms with E-state index in [4.69, 9.17) is 11.6 Å². The van der Waals surface area contributed by atoms with Gasteiger partial charge < -0.3 is 17.4 Å². The second-order valence-electron chi connectivity index (χ2n) is 10.4. The Bertz CT molecular complexity index is 1360. The number of carbonyl (C=O) groups is 1. The first kappa shape index (κ1) is 32.8. The Morgan fingerprint density at radius 1 is 1.05 bits per heavy atom. The fourth-order valence-electron chi connectivity index (χ4n) is 5.96. The fraction of sp³-hybridized carbons (Fsp3) is 0.333. The van der Waals surface area contributed by atoms with Gasteiger partial charge in [-0.1, -0.05) is 54.1 Å². The topological polar surface area (TPSA) is 40.5 Å². The number of fused-ring (bicyclic) bond motifs is 1. The number of benzene rings is 3. The molecule has 2 aliphatic rings. The van der Waals surface area contributed by atoms with Gasteiger partial charge in [0.2, 0.25) is 0 Å². The maximum atomic E-state index is 15.3. The van der Waals surface area contributed by atoms with E-state index in [-0.39, 0.29) is 65.1 Å². The second kappa shape index (κ2) is 15.0. The van der Waals surface area contributed by atoms with Gasteiger partial charge in [-0.3, -0.25) is 4.39 Å². The Labute approximate surface area is 273 Å². The fourth-order valence-corrected chi connectivity index (χ4v) is 6.14. The van der Waals surface area contributed by atoms with Crippen molar-refractivity contribution < 1.29 is 59.1 Å². The van der Waals surface area contributed by atoms with E-state index in [0.717, 1.165) is 66.7 Å². The number of likely N-dealkylation sites (tertiary alicyclic amines) is 1. The number of hydrogen-bond acceptors (Lipinski definition) is 2. The first-order valence-corrected chi connectivity index (χ1v) is 13.7. The van der Waals surface area contributed by atoms with Crippen molar-refractivity contribution in [3.8, 4) is 0 Å². The minimum Gasteiger partial charge on any atom is -0.478 e. The summed E-state index contributed by atoms with van der Waals surface area (Å²) < 4.78 is 27.8. The molecule has 1 heterocycles. The van der Waals surface area contributed by atoms with E-state index in [1.165, 1.54) is 5.56 Å². The number of halogens is 3. The number of rotatable bonds is 8. The van der Waals surface area contributed by atoms with Crippen LogP contribution >= 0.6 is 11.6 Å². The average molecular weight is 701 g/mol. The Morgan fingerprint density at radius 2 is 1.82 bits per heavy atom. The quantitative estimate of drug-likeness (QED) is 0.241. The third-order valence-corrected chi connectivity index (χ3v) is 8.11. The number of allylic oxidation sites excluding steroid dienone is 1. The number of hydrogen-bond donors (Lipinski definition) is 1. The number of aromatic carboxylic acids is 1. The molecule has 1 N–H and O–H groups in total. The van der Waals surface area contributed by atoms with Gasteiger partial charge >= 0.3 is 5.97 Å². The molecule has 0 aromatic heterocycles. The summed E-state index contributed by atoms with van der Waals surface area (Å²) in [7, 11) is 0. The predicted molar refractivity (Wildman–Crippen MR) is 155 cm³/mol. The van der Waals surface area contributed by atoms with Crippen molar-refractivity contribution in [2.45, 2.75) is 38.5 Å². The molecule has 212 valence electrons. The Hall–Kier alpha value is -1.68. The minimum atomic E-state index is -0.955. The van der Waals surface area contributed by atoms with Crippen molar-refractivity contribution in [1.82, 2.24) is 4.90 Å². The molecule has 0 saturated carbocycles. The van der Waals surface area contributed by atoms with Gasteiger partial charge in [0.05, 0.1) is 17.3 Å². The van der Waals surface area contributed by atoms with Crippen LogP contribution < -0.4 is 0 Å². The molecule has 1 unspecified atom stereocenters. The van der Waals surface area contributed by atoms with Crippen LogP contribution in [0, 0.1) is 59.6 Å². The zero-order chi connectivity index (χ0) is 26.6. The van der Waals surface area contributed by atoms with Gasteiger partial charge in [-0.15, -0.1) is 0 Å². The number of aryl methyl sites for hydroxylation is 1. The Kier molecular flexibility index (Phi) is 12.3. The van der Waals surface area contributed by atoms with Crippen molar-refractivity contribution in [1.29, 1.82) is 0 Å². The van der Waals surface area contributed by atoms with Crippen LogP contribution in [0.1, 0.15) is 63.9 Å². The summed E-state index contributed by atoms with van der Waals surface area (Å²) in [6.07, 6.45) is 4.84. The molecule has 3 nitrogen and oxygen atoms in total. The van der Waals surface area contributed by atoms with Crippen LogP contribution in [0.25, 0.3) is 11.1 Å². The molecule has 0 radical (unpaired) electrons. The van der Waals surface area contributed by atoms with Crippen LogP contribution in [-0.4, -0.2) is 42.3 Å². The van der Waals surface area contributed by atoms with Crippen molar-refractivity contribution >= 4 is 28.7 Å². The first-order valence-electron chi connectivity index (χ1n) is 13.4. The molecule has 7 heteroatoms. The van der Waals surface area contributed by atoms with Crippen LogP contribution in [-0.2, 0) is 12.8 Å². The molecule has 1 aliphatic carbocycles. The molecule has 0 amide bonds. The van der Waals surface area contributed by atoms with E-state index in [2.05, 4.69) is 29.2 Å². The summed E-state index contributed by atoms with van der Waals surface area (Å²) >= 11 is 6.18. The van der Waals surface area contributed by atoms with Crippen molar-refractivity contribution in [2.75, 3.05) is 26.3 Å². The molecule has 3 aromatic rings. The number of carboxylic acid groups (broad SMARTS) is 1. The first-order chi connectivity index (χ1) is 18.4. The summed E-state index contributed by atoms with van der Waals surface area (Å²) in [6.45, 7) is 2.59. The Balaban J connectivity index is 0.00000220. The summed E-state index contributed by atoms with van der Waals surface area (Å²) in [5.74, 6) is -0.825. The van der Waals surface area contributed by atoms with Crippen LogP contribution in [0.3, 0.4) is 0 Å². The molecule has 40 heavy (non-hydrogen) atoms. The summed E-state index contributed by atoms with van der Waals surface area (Å²) in [5, 5.41) is 9.64. The van der Waals surface area contributed by atoms with Crippen molar-refractivity contribution in [3.63, 3.8) is 0 Å². The third-order valence-electron chi connectivity index (χ3n) is 7.82. The molecule has 0 bridgehead atoms. The van der Waals surface area contributed by atoms with Gasteiger partial charge in [0.15, 0.2) is 0 Å². The zero-order valence-corrected chi connectivity index (χ0v) is 26.1. The molecular weight excluding hydrogens is 666 g/mol. The van der Waals surface area contributed by atoms with Gasteiger partial charge in [0.1, 0.15) is 5.82 Å². The van der Waals surface area contributed by atoms with E-state index < -0.39 is 11.8 Å². The maximum absolute atomic E-state index is 15.3. The smallest absolute Gasteiger partial charge is 0.335 e. The maximum Gasteiger partial charge on any atom is 0.335 e. The molecule has 1 saturated heterocycles. The second-order valence-corrected chi connectivity index (χ2v) is 10.8. The summed E-state index contributed by atoms with van der Waals surface area (Å²) in [6, 6.07) is 18.8. The molecular formula is C33H35ClF2NO2Sm-. The molecule has 1 atom stereocenters. The minimum absolute atomic E-state index is 0. The molecule has 1 aliphatic heterocycles. The normalized spacial score (nSPS) is 17.0. The van der Waals surface area contributed by atoms with E-state index in [1.807, 2.05) is 6.07 Å². The standard InChI is InChI=1S/C32H32ClF2NO2.CH3.Sm/c33-29-7-2-6-28(31(29)35)27-5-1-4-24-19-25(32(37)38)12-13-26(24)30(27)23-10-8-21(9-11-23)18-22-14-17-36(20-22)16-3-15-34;;/h2,6-13,19,22H,1,3-5,14-18,20H2,(H,37,38);1H3;/q;-1;. The predicted octanol–water partition coefficient (Wildman–Crippen LogP) is 8.15. The van der Waals surface area contributed by atoms with E-state index in [0.29, 0.717) is 30.7 Å². The van der Waals surface area contributed by atoms with Gasteiger partial charge in [-0.25, -0.2) is 9.18 Å². The van der Waals surface area contributed by atoms with Crippen LogP contribution in [0.4, 0.5) is 8.78 Å². The average Bonchev–Trinajstić information content (AvgIpc) is 3.27. The van der Waals surface area contributed by atoms with E-state index >= 15 is 4.39 Å². The van der Waals surface area contributed by atoms with Crippen LogP contribution in [0.2, 0.25) is 5.02 Å². The zero-order valence-electron chi connectivity index (χ0n) is 22.8. The monoisotopic (exact) mass is 702 g/mol. The molecule has 0 spiro atoms. The SMILES string of the molecule is O=C(O)c1ccc2c(c1)CCCC(c1cccc(Cl)c1F)=C2c1ccc(CC2CCN(CCCF)C2)cc1.[CH3-].[Sm]. The number of carboxylic acids is 1. The largest absolute Gasteiger partial charge is 0.478 e. The number of alkyl halides is 1. The summed E-state index contributed by atoms with van der Waals surface area (Å²) in [4.78, 5) is 14.0. The van der Waals surface area contributed by atoms with Crippen LogP contribution in [0.15, 0.2) is 60.7 Å². The summed E-state index contributed by atoms with van der Waals surface area (Å²) in [5.41, 5.74) is 6.69. The van der Waals surface area contributed by atoms with E-state index in [9.17, 15) is 14.3 Å². The third kappa shape index (κ3) is 7.39. The number of nitrogens with zero attached hydrogens (tertiary/aromatic N) is 1. The molecule has 3 aromatic carbocycles. The van der Waals surface area contributed by atoms with Crippen molar-refractivity contribution in [2.24, 2.45) is 5.92 Å². The van der Waals surface area contributed by atoms with Gasteiger partial charge in [0, 0.05) is 59.0 Å². The van der Waals surface area contributed by atoms with Gasteiger partial charge in [-0.05, 0) is 103 Å². The van der Waals surface area contributed by atoms with E-state index in [1.54, 1.807) is 30.3 Å². The molecule has 5 rings (SSSR count). The van der Waals surface area contributed by atoms with Crippen LogP contribution in [0.5, 0.6) is 0 Å².